The predicted octanol–water partition coefficient (Wildman–Crippen LogP) is 4.76. The number of hydrogen-bond acceptors (Lipinski definition) is 4. The van der Waals surface area contributed by atoms with Gasteiger partial charge in [0.25, 0.3) is 5.91 Å². The van der Waals surface area contributed by atoms with Gasteiger partial charge in [-0.05, 0) is 66.4 Å². The minimum atomic E-state index is -0.250. The monoisotopic (exact) mass is 448 g/mol. The number of amides is 1. The largest absolute Gasteiger partial charge is 0.493 e. The van der Waals surface area contributed by atoms with Crippen molar-refractivity contribution < 1.29 is 18.7 Å². The Balaban J connectivity index is 1.68. The maximum Gasteiger partial charge on any atom is 0.251 e. The van der Waals surface area contributed by atoms with Crippen LogP contribution in [0.15, 0.2) is 66.7 Å². The molecule has 6 heteroatoms. The summed E-state index contributed by atoms with van der Waals surface area (Å²) in [4.78, 5) is 15.3. The minimum absolute atomic E-state index is 0.0914. The Bertz CT molecular complexity index is 1100. The van der Waals surface area contributed by atoms with E-state index in [1.165, 1.54) is 17.7 Å². The molecule has 0 saturated heterocycles. The fourth-order valence-electron chi connectivity index (χ4n) is 4.57. The number of benzene rings is 3. The summed E-state index contributed by atoms with van der Waals surface area (Å²) in [6.07, 6.45) is 0.840. The molecule has 0 aliphatic carbocycles. The Labute approximate surface area is 194 Å². The van der Waals surface area contributed by atoms with Gasteiger partial charge in [-0.2, -0.15) is 0 Å². The summed E-state index contributed by atoms with van der Waals surface area (Å²) in [6, 6.07) is 19.6. The van der Waals surface area contributed by atoms with Crippen molar-refractivity contribution in [2.45, 2.75) is 32.0 Å². The van der Waals surface area contributed by atoms with Crippen molar-refractivity contribution in [1.29, 1.82) is 0 Å². The van der Waals surface area contributed by atoms with E-state index in [1.807, 2.05) is 49.4 Å². The van der Waals surface area contributed by atoms with Gasteiger partial charge in [-0.25, -0.2) is 4.39 Å². The lowest BCUT2D eigenvalue weighted by molar-refractivity contribution is 0.0877. The second-order valence-electron chi connectivity index (χ2n) is 8.33. The molecule has 0 aromatic heterocycles. The van der Waals surface area contributed by atoms with E-state index in [4.69, 9.17) is 9.47 Å². The molecule has 0 fully saturated rings. The number of fused-ring (bicyclic) bond motifs is 1. The molecule has 5 nitrogen and oxygen atoms in total. The van der Waals surface area contributed by atoms with Crippen LogP contribution < -0.4 is 14.8 Å². The molecular formula is C27H29FN2O3. The molecule has 2 atom stereocenters. The highest BCUT2D eigenvalue weighted by Crippen LogP contribution is 2.40. The molecule has 0 radical (unpaired) electrons. The number of nitrogens with one attached hydrogen (secondary N) is 1. The quantitative estimate of drug-likeness (QED) is 0.566. The van der Waals surface area contributed by atoms with Crippen LogP contribution in [0.5, 0.6) is 11.5 Å². The van der Waals surface area contributed by atoms with Crippen molar-refractivity contribution in [3.8, 4) is 11.5 Å². The lowest BCUT2D eigenvalue weighted by Crippen LogP contribution is -2.47. The molecule has 1 aliphatic heterocycles. The summed E-state index contributed by atoms with van der Waals surface area (Å²) in [5, 5.41) is 3.19. The van der Waals surface area contributed by atoms with Crippen LogP contribution in [0.4, 0.5) is 4.39 Å². The molecular weight excluding hydrogens is 419 g/mol. The molecule has 172 valence electrons. The maximum atomic E-state index is 13.4. The number of hydrogen-bond donors (Lipinski definition) is 1. The van der Waals surface area contributed by atoms with Gasteiger partial charge in [0, 0.05) is 24.7 Å². The highest BCUT2D eigenvalue weighted by molar-refractivity contribution is 5.94. The predicted molar refractivity (Wildman–Crippen MR) is 126 cm³/mol. The Morgan fingerprint density at radius 2 is 1.73 bits per heavy atom. The molecule has 1 heterocycles. The third-order valence-electron chi connectivity index (χ3n) is 6.19. The molecule has 3 aromatic rings. The van der Waals surface area contributed by atoms with Gasteiger partial charge in [0.2, 0.25) is 0 Å². The van der Waals surface area contributed by atoms with Crippen LogP contribution in [0.25, 0.3) is 0 Å². The average Bonchev–Trinajstić information content (AvgIpc) is 2.84. The Morgan fingerprint density at radius 1 is 1.06 bits per heavy atom. The lowest BCUT2D eigenvalue weighted by Gasteiger charge is -2.41. The minimum Gasteiger partial charge on any atom is -0.493 e. The molecule has 0 unspecified atom stereocenters. The van der Waals surface area contributed by atoms with E-state index in [0.717, 1.165) is 24.1 Å². The summed E-state index contributed by atoms with van der Waals surface area (Å²) in [6.45, 7) is 3.47. The van der Waals surface area contributed by atoms with E-state index in [0.29, 0.717) is 23.6 Å². The summed E-state index contributed by atoms with van der Waals surface area (Å²) in [5.41, 5.74) is 3.92. The van der Waals surface area contributed by atoms with Crippen molar-refractivity contribution in [1.82, 2.24) is 10.2 Å². The number of nitrogens with zero attached hydrogens (tertiary/aromatic N) is 1. The Morgan fingerprint density at radius 3 is 2.39 bits per heavy atom. The summed E-state index contributed by atoms with van der Waals surface area (Å²) in [5.74, 6) is 0.992. The van der Waals surface area contributed by atoms with Crippen molar-refractivity contribution in [2.75, 3.05) is 20.8 Å². The first-order chi connectivity index (χ1) is 16.0. The van der Waals surface area contributed by atoms with Gasteiger partial charge < -0.3 is 14.8 Å². The third-order valence-corrected chi connectivity index (χ3v) is 6.19. The van der Waals surface area contributed by atoms with Crippen LogP contribution in [0.1, 0.15) is 40.0 Å². The normalized spacial score (nSPS) is 16.5. The number of carbonyl (C=O) groups is 1. The smallest absolute Gasteiger partial charge is 0.251 e. The van der Waals surface area contributed by atoms with Crippen LogP contribution in [0.3, 0.4) is 0 Å². The maximum absolute atomic E-state index is 13.4. The van der Waals surface area contributed by atoms with E-state index in [-0.39, 0.29) is 23.8 Å². The van der Waals surface area contributed by atoms with E-state index in [9.17, 15) is 9.18 Å². The Hall–Kier alpha value is -3.38. The molecule has 1 aliphatic rings. The number of rotatable bonds is 7. The molecule has 0 bridgehead atoms. The van der Waals surface area contributed by atoms with Gasteiger partial charge in [-0.15, -0.1) is 0 Å². The SMILES string of the molecule is COc1cc2c(cc1OC)[C@H]([C@@H](C)NC(=O)c1ccccc1)N(Cc1ccc(F)cc1)CC2. The zero-order chi connectivity index (χ0) is 23.4. The van der Waals surface area contributed by atoms with Gasteiger partial charge in [0.05, 0.1) is 20.3 Å². The molecule has 0 saturated carbocycles. The van der Waals surface area contributed by atoms with E-state index in [1.54, 1.807) is 26.4 Å². The van der Waals surface area contributed by atoms with Gasteiger partial charge >= 0.3 is 0 Å². The number of ether oxygens (including phenoxy) is 2. The highest BCUT2D eigenvalue weighted by Gasteiger charge is 2.34. The zero-order valence-electron chi connectivity index (χ0n) is 19.2. The van der Waals surface area contributed by atoms with Crippen LogP contribution >= 0.6 is 0 Å². The first kappa shape index (κ1) is 22.8. The van der Waals surface area contributed by atoms with Crippen LogP contribution in [0.2, 0.25) is 0 Å². The number of methoxy groups -OCH3 is 2. The summed E-state index contributed by atoms with van der Waals surface area (Å²) < 4.78 is 24.5. The van der Waals surface area contributed by atoms with Gasteiger partial charge in [0.15, 0.2) is 11.5 Å². The van der Waals surface area contributed by atoms with E-state index in [2.05, 4.69) is 10.2 Å². The van der Waals surface area contributed by atoms with Gasteiger partial charge in [0.1, 0.15) is 5.82 Å². The average molecular weight is 449 g/mol. The first-order valence-corrected chi connectivity index (χ1v) is 11.1. The molecule has 0 spiro atoms. The van der Waals surface area contributed by atoms with Crippen molar-refractivity contribution in [3.05, 3.63) is 94.8 Å². The van der Waals surface area contributed by atoms with Gasteiger partial charge in [-0.3, -0.25) is 9.69 Å². The zero-order valence-corrected chi connectivity index (χ0v) is 19.2. The van der Waals surface area contributed by atoms with Crippen LogP contribution in [-0.4, -0.2) is 37.6 Å². The van der Waals surface area contributed by atoms with Crippen LogP contribution in [-0.2, 0) is 13.0 Å². The second kappa shape index (κ2) is 10.0. The fraction of sp³-hybridized carbons (Fsp3) is 0.296. The van der Waals surface area contributed by atoms with E-state index < -0.39 is 0 Å². The number of halogens is 1. The van der Waals surface area contributed by atoms with E-state index >= 15 is 0 Å². The number of carbonyl (C=O) groups excluding carboxylic acids is 1. The molecule has 4 rings (SSSR count). The van der Waals surface area contributed by atoms with Crippen molar-refractivity contribution >= 4 is 5.91 Å². The lowest BCUT2D eigenvalue weighted by atomic mass is 9.87. The Kier molecular flexibility index (Phi) is 6.94. The van der Waals surface area contributed by atoms with Crippen molar-refractivity contribution in [3.63, 3.8) is 0 Å². The third kappa shape index (κ3) is 5.01. The first-order valence-electron chi connectivity index (χ1n) is 11.1. The molecule has 1 N–H and O–H groups in total. The highest BCUT2D eigenvalue weighted by atomic mass is 19.1. The summed E-state index contributed by atoms with van der Waals surface area (Å²) >= 11 is 0. The van der Waals surface area contributed by atoms with Crippen molar-refractivity contribution in [2.24, 2.45) is 0 Å². The molecule has 1 amide bonds. The topological polar surface area (TPSA) is 50.8 Å². The molecule has 3 aromatic carbocycles. The van der Waals surface area contributed by atoms with Crippen LogP contribution in [0, 0.1) is 5.82 Å². The molecule has 33 heavy (non-hydrogen) atoms. The van der Waals surface area contributed by atoms with Gasteiger partial charge in [-0.1, -0.05) is 30.3 Å². The standard InChI is InChI=1S/C27H29FN2O3/c1-18(29-27(31)20-7-5-4-6-8-20)26-23-16-25(33-3)24(32-2)15-21(23)13-14-30(26)17-19-9-11-22(28)12-10-19/h4-12,15-16,18,26H,13-14,17H2,1-3H3,(H,29,31)/t18-,26+/m1/s1. The second-order valence-corrected chi connectivity index (χ2v) is 8.33. The fourth-order valence-corrected chi connectivity index (χ4v) is 4.57. The summed E-state index contributed by atoms with van der Waals surface area (Å²) in [7, 11) is 3.26.